The third-order valence-corrected chi connectivity index (χ3v) is 2.84. The zero-order chi connectivity index (χ0) is 9.97. The Hall–Kier alpha value is -1.35. The van der Waals surface area contributed by atoms with Gasteiger partial charge in [-0.15, -0.1) is 0 Å². The number of carbonyl (C=O) groups is 1. The molecule has 0 radical (unpaired) electrons. The van der Waals surface area contributed by atoms with Crippen molar-refractivity contribution in [3.63, 3.8) is 0 Å². The van der Waals surface area contributed by atoms with E-state index in [4.69, 9.17) is 4.42 Å². The van der Waals surface area contributed by atoms with Gasteiger partial charge in [0.25, 0.3) is 0 Å². The highest BCUT2D eigenvalue weighted by Gasteiger charge is 2.11. The van der Waals surface area contributed by atoms with Crippen LogP contribution in [-0.2, 0) is 6.42 Å². The van der Waals surface area contributed by atoms with Gasteiger partial charge in [0.2, 0.25) is 0 Å². The quantitative estimate of drug-likeness (QED) is 0.722. The molecule has 0 amide bonds. The van der Waals surface area contributed by atoms with Crippen LogP contribution in [0, 0.1) is 6.92 Å². The lowest BCUT2D eigenvalue weighted by molar-refractivity contribution is 0.0991. The lowest BCUT2D eigenvalue weighted by atomic mass is 10.1. The van der Waals surface area contributed by atoms with E-state index in [0.717, 1.165) is 5.56 Å². The molecule has 2 aromatic rings. The average molecular weight is 206 g/mol. The third kappa shape index (κ3) is 1.77. The van der Waals surface area contributed by atoms with E-state index in [1.54, 1.807) is 30.6 Å². The van der Waals surface area contributed by atoms with E-state index in [0.29, 0.717) is 17.7 Å². The van der Waals surface area contributed by atoms with E-state index in [1.165, 1.54) is 0 Å². The predicted octanol–water partition coefficient (Wildman–Crippen LogP) is 3.07. The Balaban J connectivity index is 2.14. The summed E-state index contributed by atoms with van der Waals surface area (Å²) in [5.41, 5.74) is 1.76. The zero-order valence-corrected chi connectivity index (χ0v) is 8.64. The number of carbonyl (C=O) groups excluding carboxylic acids is 1. The molecule has 0 spiro atoms. The van der Waals surface area contributed by atoms with Gasteiger partial charge in [0.05, 0.1) is 11.8 Å². The molecule has 0 aliphatic carbocycles. The molecule has 0 saturated carbocycles. The summed E-state index contributed by atoms with van der Waals surface area (Å²) in [6.07, 6.45) is 2.01. The summed E-state index contributed by atoms with van der Waals surface area (Å²) in [4.78, 5) is 11.7. The number of aryl methyl sites for hydroxylation is 1. The van der Waals surface area contributed by atoms with Gasteiger partial charge in [0.1, 0.15) is 5.76 Å². The van der Waals surface area contributed by atoms with E-state index in [-0.39, 0.29) is 5.78 Å². The molecule has 0 atom stereocenters. The monoisotopic (exact) mass is 206 g/mol. The molecule has 14 heavy (non-hydrogen) atoms. The molecule has 0 unspecified atom stereocenters. The van der Waals surface area contributed by atoms with Crippen molar-refractivity contribution in [2.75, 3.05) is 0 Å². The van der Waals surface area contributed by atoms with Crippen molar-refractivity contribution in [1.82, 2.24) is 0 Å². The van der Waals surface area contributed by atoms with Gasteiger partial charge in [-0.3, -0.25) is 4.79 Å². The maximum absolute atomic E-state index is 11.7. The molecule has 0 aliphatic rings. The van der Waals surface area contributed by atoms with Gasteiger partial charge >= 0.3 is 0 Å². The van der Waals surface area contributed by atoms with Crippen molar-refractivity contribution in [1.29, 1.82) is 0 Å². The lowest BCUT2D eigenvalue weighted by Crippen LogP contribution is -2.02. The second-order valence-corrected chi connectivity index (χ2v) is 3.90. The molecule has 2 heterocycles. The van der Waals surface area contributed by atoms with Crippen LogP contribution in [0.4, 0.5) is 0 Å². The summed E-state index contributed by atoms with van der Waals surface area (Å²) < 4.78 is 5.09. The molecule has 0 saturated heterocycles. The van der Waals surface area contributed by atoms with Crippen LogP contribution in [0.3, 0.4) is 0 Å². The molecular weight excluding hydrogens is 196 g/mol. The summed E-state index contributed by atoms with van der Waals surface area (Å²) >= 11 is 1.61. The lowest BCUT2D eigenvalue weighted by Gasteiger charge is -1.96. The standard InChI is InChI=1S/C11H10O2S/c1-8-10(2-4-13-8)11(12)6-9-3-5-14-7-9/h2-5,7H,6H2,1H3. The Labute approximate surface area is 86.2 Å². The van der Waals surface area contributed by atoms with Crippen molar-refractivity contribution in [2.24, 2.45) is 0 Å². The molecule has 3 heteroatoms. The number of Topliss-reactive ketones (excluding diaryl/α,β-unsaturated/α-hetero) is 1. The van der Waals surface area contributed by atoms with Crippen molar-refractivity contribution >= 4 is 17.1 Å². The zero-order valence-electron chi connectivity index (χ0n) is 7.82. The normalized spacial score (nSPS) is 10.4. The fourth-order valence-corrected chi connectivity index (χ4v) is 2.02. The SMILES string of the molecule is Cc1occc1C(=O)Cc1ccsc1. The summed E-state index contributed by atoms with van der Waals surface area (Å²) in [5, 5.41) is 3.97. The maximum atomic E-state index is 11.7. The Morgan fingerprint density at radius 3 is 2.93 bits per heavy atom. The Kier molecular flexibility index (Phi) is 2.50. The van der Waals surface area contributed by atoms with Crippen molar-refractivity contribution in [3.05, 3.63) is 46.0 Å². The molecule has 0 bridgehead atoms. The van der Waals surface area contributed by atoms with Crippen LogP contribution in [0.5, 0.6) is 0 Å². The van der Waals surface area contributed by atoms with Gasteiger partial charge in [-0.05, 0) is 35.4 Å². The first-order valence-corrected chi connectivity index (χ1v) is 5.30. The number of hydrogen-bond donors (Lipinski definition) is 0. The van der Waals surface area contributed by atoms with Gasteiger partial charge in [0.15, 0.2) is 5.78 Å². The van der Waals surface area contributed by atoms with Gasteiger partial charge < -0.3 is 4.42 Å². The molecule has 2 aromatic heterocycles. The van der Waals surface area contributed by atoms with Crippen molar-refractivity contribution in [2.45, 2.75) is 13.3 Å². The van der Waals surface area contributed by atoms with Gasteiger partial charge in [-0.25, -0.2) is 0 Å². The second kappa shape index (κ2) is 3.80. The van der Waals surface area contributed by atoms with E-state index in [9.17, 15) is 4.79 Å². The van der Waals surface area contributed by atoms with E-state index in [1.807, 2.05) is 16.8 Å². The molecule has 0 fully saturated rings. The number of furan rings is 1. The number of hydrogen-bond acceptors (Lipinski definition) is 3. The fourth-order valence-electron chi connectivity index (χ4n) is 1.35. The third-order valence-electron chi connectivity index (χ3n) is 2.10. The van der Waals surface area contributed by atoms with E-state index in [2.05, 4.69) is 0 Å². The van der Waals surface area contributed by atoms with Gasteiger partial charge in [0, 0.05) is 6.42 Å². The number of ketones is 1. The molecule has 72 valence electrons. The minimum atomic E-state index is 0.120. The van der Waals surface area contributed by atoms with Crippen molar-refractivity contribution < 1.29 is 9.21 Å². The highest BCUT2D eigenvalue weighted by molar-refractivity contribution is 7.08. The molecule has 0 N–H and O–H groups in total. The van der Waals surface area contributed by atoms with E-state index >= 15 is 0 Å². The smallest absolute Gasteiger partial charge is 0.170 e. The largest absolute Gasteiger partial charge is 0.469 e. The Bertz CT molecular complexity index is 426. The first-order chi connectivity index (χ1) is 6.77. The van der Waals surface area contributed by atoms with Gasteiger partial charge in [-0.2, -0.15) is 11.3 Å². The van der Waals surface area contributed by atoms with Gasteiger partial charge in [-0.1, -0.05) is 0 Å². The van der Waals surface area contributed by atoms with Crippen molar-refractivity contribution in [3.8, 4) is 0 Å². The summed E-state index contributed by atoms with van der Waals surface area (Å²) in [6, 6.07) is 3.70. The highest BCUT2D eigenvalue weighted by Crippen LogP contribution is 2.14. The molecule has 0 aromatic carbocycles. The second-order valence-electron chi connectivity index (χ2n) is 3.12. The maximum Gasteiger partial charge on any atom is 0.170 e. The Morgan fingerprint density at radius 2 is 2.36 bits per heavy atom. The van der Waals surface area contributed by atoms with Crippen LogP contribution in [0.1, 0.15) is 21.7 Å². The topological polar surface area (TPSA) is 30.2 Å². The van der Waals surface area contributed by atoms with E-state index < -0.39 is 0 Å². The minimum Gasteiger partial charge on any atom is -0.469 e. The molecule has 2 rings (SSSR count). The van der Waals surface area contributed by atoms with Crippen LogP contribution >= 0.6 is 11.3 Å². The van der Waals surface area contributed by atoms with Crippen LogP contribution in [0.2, 0.25) is 0 Å². The fraction of sp³-hybridized carbons (Fsp3) is 0.182. The highest BCUT2D eigenvalue weighted by atomic mass is 32.1. The average Bonchev–Trinajstić information content (AvgIpc) is 2.75. The minimum absolute atomic E-state index is 0.120. The molecule has 0 aliphatic heterocycles. The summed E-state index contributed by atoms with van der Waals surface area (Å²) in [5.74, 6) is 0.819. The first kappa shape index (κ1) is 9.21. The molecule has 2 nitrogen and oxygen atoms in total. The van der Waals surface area contributed by atoms with Crippen LogP contribution in [0.25, 0.3) is 0 Å². The summed E-state index contributed by atoms with van der Waals surface area (Å²) in [6.45, 7) is 1.81. The summed E-state index contributed by atoms with van der Waals surface area (Å²) in [7, 11) is 0. The Morgan fingerprint density at radius 1 is 1.50 bits per heavy atom. The molecular formula is C11H10O2S. The number of rotatable bonds is 3. The first-order valence-electron chi connectivity index (χ1n) is 4.36. The van der Waals surface area contributed by atoms with Crippen LogP contribution in [-0.4, -0.2) is 5.78 Å². The van der Waals surface area contributed by atoms with Crippen LogP contribution in [0.15, 0.2) is 33.6 Å². The predicted molar refractivity (Wildman–Crippen MR) is 55.8 cm³/mol. The number of thiophene rings is 1. The van der Waals surface area contributed by atoms with Crippen LogP contribution < -0.4 is 0 Å².